The van der Waals surface area contributed by atoms with Gasteiger partial charge in [-0.25, -0.2) is 0 Å². The maximum absolute atomic E-state index is 11.1. The first-order valence-electron chi connectivity index (χ1n) is 14.1. The summed E-state index contributed by atoms with van der Waals surface area (Å²) in [6.07, 6.45) is 3.47. The van der Waals surface area contributed by atoms with Gasteiger partial charge in [-0.1, -0.05) is 101 Å². The van der Waals surface area contributed by atoms with Crippen LogP contribution in [0.4, 0.5) is 11.4 Å². The SMILES string of the molecule is CC(C)(C)c1cc(C=Nc2cccc(N=Cc3cc(C(C)(C)C)cc(C(C)(C)C)c3O)c2)c(O)c(C(C)(C)C)c1. The zero-order valence-corrected chi connectivity index (χ0v) is 26.6. The Morgan fingerprint density at radius 1 is 0.500 bits per heavy atom. The third-order valence-electron chi connectivity index (χ3n) is 7.16. The van der Waals surface area contributed by atoms with E-state index in [1.807, 2.05) is 36.4 Å². The second-order valence-corrected chi connectivity index (χ2v) is 15.0. The Morgan fingerprint density at radius 2 is 0.850 bits per heavy atom. The van der Waals surface area contributed by atoms with Crippen LogP contribution in [0.5, 0.6) is 11.5 Å². The second-order valence-electron chi connectivity index (χ2n) is 15.0. The largest absolute Gasteiger partial charge is 0.507 e. The summed E-state index contributed by atoms with van der Waals surface area (Å²) in [5.74, 6) is 0.532. The van der Waals surface area contributed by atoms with Gasteiger partial charge in [0.1, 0.15) is 11.5 Å². The van der Waals surface area contributed by atoms with Gasteiger partial charge in [-0.2, -0.15) is 0 Å². The predicted octanol–water partition coefficient (Wildman–Crippen LogP) is 9.79. The average Bonchev–Trinajstić information content (AvgIpc) is 2.80. The van der Waals surface area contributed by atoms with Gasteiger partial charge in [0.2, 0.25) is 0 Å². The molecule has 0 aliphatic carbocycles. The molecule has 0 aliphatic heterocycles. The van der Waals surface area contributed by atoms with E-state index in [4.69, 9.17) is 9.98 Å². The molecule has 0 saturated carbocycles. The van der Waals surface area contributed by atoms with E-state index in [1.165, 1.54) is 0 Å². The molecular formula is C36H48N2O2. The smallest absolute Gasteiger partial charge is 0.128 e. The molecule has 214 valence electrons. The zero-order valence-electron chi connectivity index (χ0n) is 26.6. The Labute approximate surface area is 241 Å². The van der Waals surface area contributed by atoms with Gasteiger partial charge in [0.05, 0.1) is 11.4 Å². The Kier molecular flexibility index (Phi) is 8.46. The van der Waals surface area contributed by atoms with Crippen molar-refractivity contribution in [2.45, 2.75) is 105 Å². The average molecular weight is 541 g/mol. The van der Waals surface area contributed by atoms with Crippen LogP contribution in [0.1, 0.15) is 116 Å². The van der Waals surface area contributed by atoms with E-state index in [-0.39, 0.29) is 33.2 Å². The van der Waals surface area contributed by atoms with Gasteiger partial charge >= 0.3 is 0 Å². The molecule has 4 heteroatoms. The molecule has 0 spiro atoms. The van der Waals surface area contributed by atoms with Gasteiger partial charge in [-0.15, -0.1) is 0 Å². The van der Waals surface area contributed by atoms with Crippen LogP contribution >= 0.6 is 0 Å². The van der Waals surface area contributed by atoms with Crippen LogP contribution in [-0.2, 0) is 21.7 Å². The number of rotatable bonds is 4. The summed E-state index contributed by atoms with van der Waals surface area (Å²) in [5.41, 5.74) is 6.46. The van der Waals surface area contributed by atoms with Crippen molar-refractivity contribution in [2.75, 3.05) is 0 Å². The van der Waals surface area contributed by atoms with Crippen LogP contribution in [0.3, 0.4) is 0 Å². The molecule has 0 aliphatic rings. The minimum absolute atomic E-state index is 0.0619. The van der Waals surface area contributed by atoms with Gasteiger partial charge in [-0.05, 0) is 63.1 Å². The molecule has 0 aromatic heterocycles. The molecule has 0 radical (unpaired) electrons. The minimum atomic E-state index is -0.203. The summed E-state index contributed by atoms with van der Waals surface area (Å²) in [7, 11) is 0. The number of phenols is 2. The zero-order chi connectivity index (χ0) is 30.3. The summed E-state index contributed by atoms with van der Waals surface area (Å²) in [5, 5.41) is 22.2. The lowest BCUT2D eigenvalue weighted by Crippen LogP contribution is -2.17. The van der Waals surface area contributed by atoms with Crippen LogP contribution in [0, 0.1) is 0 Å². The molecule has 4 nitrogen and oxygen atoms in total. The number of hydrogen-bond acceptors (Lipinski definition) is 4. The molecule has 0 atom stereocenters. The molecule has 3 aromatic carbocycles. The number of aliphatic imine (C=N–C) groups is 2. The lowest BCUT2D eigenvalue weighted by atomic mass is 9.79. The molecule has 0 heterocycles. The van der Waals surface area contributed by atoms with Crippen molar-refractivity contribution in [3.8, 4) is 11.5 Å². The minimum Gasteiger partial charge on any atom is -0.507 e. The highest BCUT2D eigenvalue weighted by molar-refractivity contribution is 5.88. The van der Waals surface area contributed by atoms with E-state index in [1.54, 1.807) is 12.4 Å². The lowest BCUT2D eigenvalue weighted by Gasteiger charge is -2.27. The first kappa shape index (κ1) is 31.1. The monoisotopic (exact) mass is 540 g/mol. The summed E-state index contributed by atoms with van der Waals surface area (Å²) >= 11 is 0. The summed E-state index contributed by atoms with van der Waals surface area (Å²) in [4.78, 5) is 9.40. The molecular weight excluding hydrogens is 492 g/mol. The molecule has 3 aromatic rings. The van der Waals surface area contributed by atoms with E-state index in [9.17, 15) is 10.2 Å². The Bertz CT molecular complexity index is 1330. The van der Waals surface area contributed by atoms with Crippen molar-refractivity contribution in [2.24, 2.45) is 9.98 Å². The Balaban J connectivity index is 2.01. The first-order valence-corrected chi connectivity index (χ1v) is 14.1. The Hall–Kier alpha value is -3.40. The standard InChI is InChI=1S/C36H48N2O2/c1-33(2,3)25-16-23(31(39)29(18-25)35(7,8)9)21-37-27-14-13-15-28(20-27)38-22-24-17-26(34(4,5)6)19-30(32(24)40)36(10,11)12/h13-22,39-40H,1-12H3. The van der Waals surface area contributed by atoms with Crippen LogP contribution in [0.25, 0.3) is 0 Å². The van der Waals surface area contributed by atoms with Crippen molar-refractivity contribution in [1.82, 2.24) is 0 Å². The molecule has 0 bridgehead atoms. The van der Waals surface area contributed by atoms with Crippen LogP contribution in [0.15, 0.2) is 58.5 Å². The molecule has 0 amide bonds. The van der Waals surface area contributed by atoms with Gasteiger partial charge in [0.15, 0.2) is 0 Å². The van der Waals surface area contributed by atoms with Gasteiger partial charge in [0.25, 0.3) is 0 Å². The third kappa shape index (κ3) is 7.41. The number of aromatic hydroxyl groups is 2. The lowest BCUT2D eigenvalue weighted by molar-refractivity contribution is 0.443. The fraction of sp³-hybridized carbons (Fsp3) is 0.444. The normalized spacial score (nSPS) is 13.5. The van der Waals surface area contributed by atoms with E-state index in [0.29, 0.717) is 11.1 Å². The molecule has 0 saturated heterocycles. The summed E-state index contributed by atoms with van der Waals surface area (Å²) in [6.45, 7) is 25.7. The highest BCUT2D eigenvalue weighted by atomic mass is 16.3. The Morgan fingerprint density at radius 3 is 1.15 bits per heavy atom. The van der Waals surface area contributed by atoms with Gasteiger partial charge in [-0.3, -0.25) is 9.98 Å². The first-order chi connectivity index (χ1) is 18.2. The van der Waals surface area contributed by atoms with Crippen molar-refractivity contribution in [3.05, 3.63) is 81.9 Å². The highest BCUT2D eigenvalue weighted by Crippen LogP contribution is 2.39. The maximum atomic E-state index is 11.1. The van der Waals surface area contributed by atoms with Crippen LogP contribution in [0.2, 0.25) is 0 Å². The molecule has 3 rings (SSSR count). The van der Waals surface area contributed by atoms with Crippen molar-refractivity contribution in [3.63, 3.8) is 0 Å². The molecule has 0 fully saturated rings. The fourth-order valence-corrected chi connectivity index (χ4v) is 4.46. The fourth-order valence-electron chi connectivity index (χ4n) is 4.46. The number of nitrogens with zero attached hydrogens (tertiary/aromatic N) is 2. The predicted molar refractivity (Wildman–Crippen MR) is 172 cm³/mol. The highest BCUT2D eigenvalue weighted by Gasteiger charge is 2.25. The van der Waals surface area contributed by atoms with Crippen molar-refractivity contribution in [1.29, 1.82) is 0 Å². The van der Waals surface area contributed by atoms with E-state index in [0.717, 1.165) is 33.6 Å². The van der Waals surface area contributed by atoms with E-state index in [2.05, 4.69) is 95.2 Å². The van der Waals surface area contributed by atoms with Crippen LogP contribution in [-0.4, -0.2) is 22.6 Å². The van der Waals surface area contributed by atoms with Gasteiger partial charge in [0, 0.05) is 34.7 Å². The third-order valence-corrected chi connectivity index (χ3v) is 7.16. The molecule has 2 N–H and O–H groups in total. The topological polar surface area (TPSA) is 65.2 Å². The number of hydrogen-bond donors (Lipinski definition) is 2. The summed E-state index contributed by atoms with van der Waals surface area (Å²) in [6, 6.07) is 15.9. The summed E-state index contributed by atoms with van der Waals surface area (Å²) < 4.78 is 0. The van der Waals surface area contributed by atoms with Crippen LogP contribution < -0.4 is 0 Å². The van der Waals surface area contributed by atoms with E-state index >= 15 is 0 Å². The maximum Gasteiger partial charge on any atom is 0.128 e. The quantitative estimate of drug-likeness (QED) is 0.323. The second kappa shape index (κ2) is 10.9. The van der Waals surface area contributed by atoms with Crippen molar-refractivity contribution < 1.29 is 10.2 Å². The van der Waals surface area contributed by atoms with E-state index < -0.39 is 0 Å². The van der Waals surface area contributed by atoms with Crippen molar-refractivity contribution >= 4 is 23.8 Å². The number of phenolic OH excluding ortho intramolecular Hbond substituents is 2. The van der Waals surface area contributed by atoms with Gasteiger partial charge < -0.3 is 10.2 Å². The number of benzene rings is 3. The molecule has 40 heavy (non-hydrogen) atoms. The molecule has 0 unspecified atom stereocenters.